The zero-order valence-electron chi connectivity index (χ0n) is 12.8. The second-order valence-corrected chi connectivity index (χ2v) is 4.84. The molecule has 3 nitrogen and oxygen atoms in total. The van der Waals surface area contributed by atoms with Gasteiger partial charge < -0.3 is 10.1 Å². The average molecular weight is 492 g/mol. The molecule has 0 atom stereocenters. The van der Waals surface area contributed by atoms with Crippen LogP contribution < -0.4 is 0 Å². The Labute approximate surface area is 154 Å². The summed E-state index contributed by atoms with van der Waals surface area (Å²) in [4.78, 5) is 8.25. The van der Waals surface area contributed by atoms with E-state index in [2.05, 4.69) is 16.0 Å². The summed E-state index contributed by atoms with van der Waals surface area (Å²) in [5.41, 5.74) is 2.67. The van der Waals surface area contributed by atoms with E-state index in [1.54, 1.807) is 24.5 Å². The van der Waals surface area contributed by atoms with Crippen LogP contribution in [-0.2, 0) is 20.1 Å². The van der Waals surface area contributed by atoms with Crippen molar-refractivity contribution in [2.75, 3.05) is 0 Å². The molecule has 4 heteroatoms. The molecule has 0 aliphatic rings. The molecule has 1 radical (unpaired) electrons. The van der Waals surface area contributed by atoms with Crippen molar-refractivity contribution in [3.8, 4) is 17.0 Å². The Morgan fingerprint density at radius 1 is 0.750 bits per heavy atom. The summed E-state index contributed by atoms with van der Waals surface area (Å²) in [6.45, 7) is 0. The quantitative estimate of drug-likeness (QED) is 0.399. The number of hydrogen-bond donors (Lipinski definition) is 1. The minimum absolute atomic E-state index is 0. The second-order valence-electron chi connectivity index (χ2n) is 4.84. The molecule has 0 fully saturated rings. The first-order valence-electron chi connectivity index (χ1n) is 7.25. The third kappa shape index (κ3) is 4.48. The number of phenolic OH excluding ortho intramolecular Hbond substituents is 1. The van der Waals surface area contributed by atoms with Crippen LogP contribution in [0.2, 0.25) is 0 Å². The summed E-state index contributed by atoms with van der Waals surface area (Å²) < 4.78 is 0. The Hall–Kier alpha value is -2.55. The van der Waals surface area contributed by atoms with E-state index >= 15 is 0 Å². The molecule has 0 aliphatic carbocycles. The molecule has 0 saturated carbocycles. The van der Waals surface area contributed by atoms with Crippen LogP contribution in [-0.4, -0.2) is 15.1 Å². The van der Waals surface area contributed by atoms with E-state index in [1.807, 2.05) is 60.7 Å². The molecule has 0 unspecified atom stereocenters. The molecule has 0 bridgehead atoms. The van der Waals surface area contributed by atoms with Crippen molar-refractivity contribution >= 4 is 10.9 Å². The smallest absolute Gasteiger partial charge is 0.141 e. The maximum Gasteiger partial charge on any atom is 0.141 e. The molecule has 4 rings (SSSR count). The minimum atomic E-state index is 0. The normalized spacial score (nSPS) is 9.50. The molecular weight excluding hydrogens is 476 g/mol. The molecule has 4 aromatic rings. The van der Waals surface area contributed by atoms with Gasteiger partial charge in [-0.3, -0.25) is 4.98 Å². The molecule has 1 N–H and O–H groups in total. The topological polar surface area (TPSA) is 46.0 Å². The van der Waals surface area contributed by atoms with E-state index < -0.39 is 0 Å². The van der Waals surface area contributed by atoms with Gasteiger partial charge in [0.25, 0.3) is 0 Å². The van der Waals surface area contributed by atoms with Gasteiger partial charge in [0.1, 0.15) is 11.3 Å². The fourth-order valence-corrected chi connectivity index (χ4v) is 2.16. The van der Waals surface area contributed by atoms with Gasteiger partial charge in [0.2, 0.25) is 0 Å². The van der Waals surface area contributed by atoms with Crippen molar-refractivity contribution in [3.63, 3.8) is 0 Å². The molecule has 121 valence electrons. The van der Waals surface area contributed by atoms with Gasteiger partial charge in [-0.15, -0.1) is 35.9 Å². The summed E-state index contributed by atoms with van der Waals surface area (Å²) in [5.74, 6) is 0.239. The van der Waals surface area contributed by atoms with E-state index in [4.69, 9.17) is 0 Å². The molecule has 2 aromatic heterocycles. The second kappa shape index (κ2) is 8.92. The fourth-order valence-electron chi connectivity index (χ4n) is 2.16. The standard InChI is InChI=1S/C11H8N.C9H7NO.Ir/c1-2-6-10(7-3-1)11-8-4-5-9-12-11;11-8-5-1-3-7-4-2-6-10-9(7)8;/h1-6,8-9H;1-6,11H;/q-1;;. The van der Waals surface area contributed by atoms with E-state index in [0.717, 1.165) is 16.6 Å². The molecule has 2 aromatic carbocycles. The first-order valence-corrected chi connectivity index (χ1v) is 7.25. The van der Waals surface area contributed by atoms with Crippen molar-refractivity contribution < 1.29 is 25.2 Å². The Balaban J connectivity index is 0.000000167. The summed E-state index contributed by atoms with van der Waals surface area (Å²) in [5, 5.41) is 10.3. The van der Waals surface area contributed by atoms with E-state index in [1.165, 1.54) is 0 Å². The molecule has 0 amide bonds. The Kier molecular flexibility index (Phi) is 6.61. The van der Waals surface area contributed by atoms with Gasteiger partial charge in [-0.25, -0.2) is 0 Å². The van der Waals surface area contributed by atoms with Crippen LogP contribution in [0.25, 0.3) is 22.2 Å². The third-order valence-corrected chi connectivity index (χ3v) is 3.26. The molecule has 0 spiro atoms. The predicted octanol–water partition coefficient (Wildman–Crippen LogP) is 4.49. The Morgan fingerprint density at radius 2 is 1.54 bits per heavy atom. The average Bonchev–Trinajstić information content (AvgIpc) is 2.64. The van der Waals surface area contributed by atoms with Crippen molar-refractivity contribution in [2.24, 2.45) is 0 Å². The fraction of sp³-hybridized carbons (Fsp3) is 0. The van der Waals surface area contributed by atoms with Crippen LogP contribution in [0.3, 0.4) is 0 Å². The zero-order chi connectivity index (χ0) is 15.9. The molecule has 24 heavy (non-hydrogen) atoms. The first-order chi connectivity index (χ1) is 11.3. The predicted molar refractivity (Wildman–Crippen MR) is 91.9 cm³/mol. The minimum Gasteiger partial charge on any atom is -0.506 e. The van der Waals surface area contributed by atoms with Crippen LogP contribution in [0, 0.1) is 6.07 Å². The molecule has 2 heterocycles. The van der Waals surface area contributed by atoms with Crippen molar-refractivity contribution in [1.82, 2.24) is 9.97 Å². The summed E-state index contributed by atoms with van der Waals surface area (Å²) in [7, 11) is 0. The zero-order valence-corrected chi connectivity index (χ0v) is 15.2. The van der Waals surface area contributed by atoms with Crippen LogP contribution >= 0.6 is 0 Å². The summed E-state index contributed by atoms with van der Waals surface area (Å²) in [6, 6.07) is 25.9. The molecule has 0 saturated heterocycles. The Morgan fingerprint density at radius 3 is 2.25 bits per heavy atom. The maximum absolute atomic E-state index is 9.31. The van der Waals surface area contributed by atoms with Gasteiger partial charge >= 0.3 is 0 Å². The van der Waals surface area contributed by atoms with Crippen molar-refractivity contribution in [3.05, 3.63) is 91.3 Å². The van der Waals surface area contributed by atoms with Crippen LogP contribution in [0.4, 0.5) is 0 Å². The van der Waals surface area contributed by atoms with Gasteiger partial charge in [0, 0.05) is 37.9 Å². The number of aromatic hydroxyl groups is 1. The number of fused-ring (bicyclic) bond motifs is 1. The van der Waals surface area contributed by atoms with E-state index in [9.17, 15) is 5.11 Å². The number of pyridine rings is 2. The Bertz CT molecular complexity index is 840. The van der Waals surface area contributed by atoms with E-state index in [0.29, 0.717) is 5.52 Å². The van der Waals surface area contributed by atoms with Gasteiger partial charge in [-0.2, -0.15) is 0 Å². The van der Waals surface area contributed by atoms with Gasteiger partial charge in [-0.1, -0.05) is 30.3 Å². The largest absolute Gasteiger partial charge is 0.506 e. The SMILES string of the molecule is Oc1cccc2cccnc12.[Ir].[c-]1ccccc1-c1ccccn1. The number of hydrogen-bond acceptors (Lipinski definition) is 3. The number of rotatable bonds is 1. The number of para-hydroxylation sites is 1. The molecule has 0 aliphatic heterocycles. The van der Waals surface area contributed by atoms with Crippen LogP contribution in [0.5, 0.6) is 5.75 Å². The number of benzene rings is 2. The van der Waals surface area contributed by atoms with Gasteiger partial charge in [-0.05, 0) is 23.9 Å². The van der Waals surface area contributed by atoms with Gasteiger partial charge in [0.15, 0.2) is 0 Å². The number of phenols is 1. The third-order valence-electron chi connectivity index (χ3n) is 3.26. The van der Waals surface area contributed by atoms with E-state index in [-0.39, 0.29) is 25.9 Å². The number of aromatic nitrogens is 2. The van der Waals surface area contributed by atoms with Crippen LogP contribution in [0.15, 0.2) is 85.2 Å². The first kappa shape index (κ1) is 17.8. The van der Waals surface area contributed by atoms with Crippen LogP contribution in [0.1, 0.15) is 0 Å². The monoisotopic (exact) mass is 492 g/mol. The summed E-state index contributed by atoms with van der Waals surface area (Å²) >= 11 is 0. The summed E-state index contributed by atoms with van der Waals surface area (Å²) in [6.07, 6.45) is 3.46. The van der Waals surface area contributed by atoms with Crippen molar-refractivity contribution in [1.29, 1.82) is 0 Å². The maximum atomic E-state index is 9.31. The molecular formula is C20H15IrN2O-. The van der Waals surface area contributed by atoms with Gasteiger partial charge in [0.05, 0.1) is 0 Å². The van der Waals surface area contributed by atoms with Crippen molar-refractivity contribution in [2.45, 2.75) is 0 Å². The number of nitrogens with zero attached hydrogens (tertiary/aromatic N) is 2.